The molecule has 0 unspecified atom stereocenters. The maximum absolute atomic E-state index is 12.3. The lowest BCUT2D eigenvalue weighted by Crippen LogP contribution is -2.26. The Labute approximate surface area is 161 Å². The molecule has 3 aromatic rings. The molecule has 0 aliphatic heterocycles. The second-order valence-corrected chi connectivity index (χ2v) is 6.12. The molecular weight excluding hydrogens is 362 g/mol. The Hall–Kier alpha value is -3.43. The molecule has 134 valence electrons. The van der Waals surface area contributed by atoms with Gasteiger partial charge in [0.15, 0.2) is 0 Å². The minimum atomic E-state index is -0.295. The van der Waals surface area contributed by atoms with Gasteiger partial charge in [-0.05, 0) is 42.3 Å². The molecule has 0 saturated heterocycles. The number of halogens is 1. The van der Waals surface area contributed by atoms with Crippen molar-refractivity contribution in [2.24, 2.45) is 0 Å². The first-order chi connectivity index (χ1) is 13.2. The van der Waals surface area contributed by atoms with Gasteiger partial charge in [0, 0.05) is 17.8 Å². The summed E-state index contributed by atoms with van der Waals surface area (Å²) in [6, 6.07) is 18.2. The summed E-state index contributed by atoms with van der Waals surface area (Å²) in [5.74, 6) is -0.0452. The van der Waals surface area contributed by atoms with E-state index < -0.39 is 0 Å². The van der Waals surface area contributed by atoms with Crippen molar-refractivity contribution in [1.82, 2.24) is 15.3 Å². The number of nitriles is 1. The van der Waals surface area contributed by atoms with Gasteiger partial charge in [-0.25, -0.2) is 9.97 Å². The summed E-state index contributed by atoms with van der Waals surface area (Å²) in [7, 11) is 0. The number of hydrogen-bond acceptors (Lipinski definition) is 5. The van der Waals surface area contributed by atoms with Crippen LogP contribution < -0.4 is 10.6 Å². The molecule has 1 heterocycles. The minimum absolute atomic E-state index is 0.244. The van der Waals surface area contributed by atoms with E-state index in [1.54, 1.807) is 24.3 Å². The molecule has 27 heavy (non-hydrogen) atoms. The number of carbonyl (C=O) groups is 1. The third-order valence-corrected chi connectivity index (χ3v) is 4.01. The van der Waals surface area contributed by atoms with Gasteiger partial charge in [0.2, 0.25) is 5.95 Å². The maximum Gasteiger partial charge on any atom is 0.270 e. The average Bonchev–Trinajstić information content (AvgIpc) is 2.68. The summed E-state index contributed by atoms with van der Waals surface area (Å²) in [4.78, 5) is 20.6. The van der Waals surface area contributed by atoms with E-state index in [0.717, 1.165) is 5.56 Å². The van der Waals surface area contributed by atoms with Crippen LogP contribution in [0.5, 0.6) is 0 Å². The molecule has 0 atom stereocenters. The first-order valence-corrected chi connectivity index (χ1v) is 8.65. The molecule has 0 bridgehead atoms. The minimum Gasteiger partial charge on any atom is -0.350 e. The van der Waals surface area contributed by atoms with Gasteiger partial charge in [-0.1, -0.05) is 35.9 Å². The number of anilines is 2. The lowest BCUT2D eigenvalue weighted by atomic mass is 10.1. The van der Waals surface area contributed by atoms with E-state index in [2.05, 4.69) is 26.7 Å². The molecule has 1 aromatic heterocycles. The molecule has 3 rings (SSSR count). The van der Waals surface area contributed by atoms with Gasteiger partial charge in [-0.3, -0.25) is 4.79 Å². The number of nitrogens with one attached hydrogen (secondary N) is 2. The van der Waals surface area contributed by atoms with Gasteiger partial charge in [-0.2, -0.15) is 5.26 Å². The summed E-state index contributed by atoms with van der Waals surface area (Å²) >= 11 is 5.96. The van der Waals surface area contributed by atoms with Crippen LogP contribution in [0.15, 0.2) is 60.8 Å². The third-order valence-electron chi connectivity index (χ3n) is 3.77. The van der Waals surface area contributed by atoms with Crippen LogP contribution in [0, 0.1) is 11.3 Å². The standard InChI is InChI=1S/C20H16ClN5O/c21-16-6-3-4-14(12-16)8-10-23-19(27)18-9-11-24-20(26-18)25-17-7-2-1-5-15(17)13-22/h1-7,9,11-12H,8,10H2,(H,23,27)(H,24,25,26). The summed E-state index contributed by atoms with van der Waals surface area (Å²) in [6.45, 7) is 0.462. The van der Waals surface area contributed by atoms with Gasteiger partial charge < -0.3 is 10.6 Å². The van der Waals surface area contributed by atoms with Gasteiger partial charge in [0.25, 0.3) is 5.91 Å². The van der Waals surface area contributed by atoms with Crippen LogP contribution in [0.3, 0.4) is 0 Å². The maximum atomic E-state index is 12.3. The monoisotopic (exact) mass is 377 g/mol. The van der Waals surface area contributed by atoms with E-state index in [0.29, 0.717) is 29.2 Å². The molecule has 0 aliphatic carbocycles. The van der Waals surface area contributed by atoms with Crippen LogP contribution in [0.1, 0.15) is 21.6 Å². The van der Waals surface area contributed by atoms with Gasteiger partial charge >= 0.3 is 0 Å². The number of nitrogens with zero attached hydrogens (tertiary/aromatic N) is 3. The zero-order valence-corrected chi connectivity index (χ0v) is 15.1. The molecule has 0 radical (unpaired) electrons. The van der Waals surface area contributed by atoms with Gasteiger partial charge in [0.1, 0.15) is 11.8 Å². The van der Waals surface area contributed by atoms with Crippen molar-refractivity contribution in [2.75, 3.05) is 11.9 Å². The summed E-state index contributed by atoms with van der Waals surface area (Å²) in [5.41, 5.74) is 2.34. The molecule has 2 aromatic carbocycles. The van der Waals surface area contributed by atoms with Gasteiger partial charge in [0.05, 0.1) is 11.3 Å². The number of amides is 1. The second-order valence-electron chi connectivity index (χ2n) is 5.68. The van der Waals surface area contributed by atoms with E-state index in [-0.39, 0.29) is 17.5 Å². The first kappa shape index (κ1) is 18.4. The Morgan fingerprint density at radius 3 is 2.81 bits per heavy atom. The molecule has 2 N–H and O–H groups in total. The van der Waals surface area contributed by atoms with Gasteiger partial charge in [-0.15, -0.1) is 0 Å². The topological polar surface area (TPSA) is 90.7 Å². The SMILES string of the molecule is N#Cc1ccccc1Nc1nccc(C(=O)NCCc2cccc(Cl)c2)n1. The molecular formula is C20H16ClN5O. The molecule has 0 saturated carbocycles. The third kappa shape index (κ3) is 5.03. The van der Waals surface area contributed by atoms with Crippen LogP contribution in [-0.4, -0.2) is 22.4 Å². The van der Waals surface area contributed by atoms with E-state index in [4.69, 9.17) is 16.9 Å². The number of para-hydroxylation sites is 1. The molecule has 6 nitrogen and oxygen atoms in total. The van der Waals surface area contributed by atoms with E-state index in [1.165, 1.54) is 12.3 Å². The fourth-order valence-corrected chi connectivity index (χ4v) is 2.67. The normalized spacial score (nSPS) is 10.1. The highest BCUT2D eigenvalue weighted by atomic mass is 35.5. The van der Waals surface area contributed by atoms with E-state index in [1.807, 2.05) is 24.3 Å². The van der Waals surface area contributed by atoms with Crippen LogP contribution in [-0.2, 0) is 6.42 Å². The smallest absolute Gasteiger partial charge is 0.270 e. The summed E-state index contributed by atoms with van der Waals surface area (Å²) in [5, 5.41) is 15.6. The van der Waals surface area contributed by atoms with Crippen molar-refractivity contribution >= 4 is 29.1 Å². The molecule has 1 amide bonds. The highest BCUT2D eigenvalue weighted by Gasteiger charge is 2.10. The molecule has 0 spiro atoms. The predicted molar refractivity (Wildman–Crippen MR) is 104 cm³/mol. The van der Waals surface area contributed by atoms with Crippen LogP contribution in [0.4, 0.5) is 11.6 Å². The molecule has 7 heteroatoms. The average molecular weight is 378 g/mol. The Balaban J connectivity index is 1.62. The van der Waals surface area contributed by atoms with Crippen LogP contribution >= 0.6 is 11.6 Å². The number of hydrogen-bond donors (Lipinski definition) is 2. The Morgan fingerprint density at radius 1 is 1.15 bits per heavy atom. The van der Waals surface area contributed by atoms with Crippen molar-refractivity contribution < 1.29 is 4.79 Å². The molecule has 0 fully saturated rings. The Kier molecular flexibility index (Phi) is 5.98. The molecule has 0 aliphatic rings. The Bertz CT molecular complexity index is 999. The van der Waals surface area contributed by atoms with Crippen molar-refractivity contribution in [3.8, 4) is 6.07 Å². The van der Waals surface area contributed by atoms with E-state index in [9.17, 15) is 4.79 Å². The fourth-order valence-electron chi connectivity index (χ4n) is 2.46. The van der Waals surface area contributed by atoms with Crippen LogP contribution in [0.2, 0.25) is 5.02 Å². The summed E-state index contributed by atoms with van der Waals surface area (Å²) < 4.78 is 0. The highest BCUT2D eigenvalue weighted by molar-refractivity contribution is 6.30. The number of carbonyl (C=O) groups excluding carboxylic acids is 1. The van der Waals surface area contributed by atoms with E-state index >= 15 is 0 Å². The van der Waals surface area contributed by atoms with Crippen molar-refractivity contribution in [2.45, 2.75) is 6.42 Å². The second kappa shape index (κ2) is 8.79. The van der Waals surface area contributed by atoms with Crippen molar-refractivity contribution in [1.29, 1.82) is 5.26 Å². The highest BCUT2D eigenvalue weighted by Crippen LogP contribution is 2.17. The number of benzene rings is 2. The number of aromatic nitrogens is 2. The largest absolute Gasteiger partial charge is 0.350 e. The van der Waals surface area contributed by atoms with Crippen molar-refractivity contribution in [3.63, 3.8) is 0 Å². The lowest BCUT2D eigenvalue weighted by Gasteiger charge is -2.08. The Morgan fingerprint density at radius 2 is 2.00 bits per heavy atom. The number of rotatable bonds is 6. The van der Waals surface area contributed by atoms with Crippen LogP contribution in [0.25, 0.3) is 0 Å². The fraction of sp³-hybridized carbons (Fsp3) is 0.100. The zero-order valence-electron chi connectivity index (χ0n) is 14.3. The zero-order chi connectivity index (χ0) is 19.1. The summed E-state index contributed by atoms with van der Waals surface area (Å²) in [6.07, 6.45) is 2.16. The lowest BCUT2D eigenvalue weighted by molar-refractivity contribution is 0.0949. The first-order valence-electron chi connectivity index (χ1n) is 8.27. The quantitative estimate of drug-likeness (QED) is 0.683. The predicted octanol–water partition coefficient (Wildman–Crippen LogP) is 3.72. The van der Waals surface area contributed by atoms with Crippen molar-refractivity contribution in [3.05, 3.63) is 82.6 Å².